The average Bonchev–Trinajstić information content (AvgIpc) is 3.72. The van der Waals surface area contributed by atoms with E-state index in [2.05, 4.69) is 100.0 Å². The Labute approximate surface area is 573 Å². The fourth-order valence-corrected chi connectivity index (χ4v) is 11.4. The SMILES string of the molecule is CC/C=C\CCCCOC(CCC(=O)OCCCCCCCN(CCCCCCCOC(=O)CCC(OCCCC/C=C\CC)OCCCC/C=C\CC)CCCN(CCO)CCCCCCCCCOC(=O)C(CCCC)CCCCCC)OCCCC/C=C\CC. The maximum atomic E-state index is 12.9. The molecule has 0 amide bonds. The predicted molar refractivity (Wildman–Crippen MR) is 391 cm³/mol. The highest BCUT2D eigenvalue weighted by Gasteiger charge is 2.20. The smallest absolute Gasteiger partial charge is 0.308 e. The van der Waals surface area contributed by atoms with E-state index in [0.717, 1.165) is 264 Å². The van der Waals surface area contributed by atoms with Crippen molar-refractivity contribution in [1.29, 1.82) is 0 Å². The minimum absolute atomic E-state index is 0.0329. The van der Waals surface area contributed by atoms with Crippen LogP contribution in [0.4, 0.5) is 0 Å². The van der Waals surface area contributed by atoms with Gasteiger partial charge in [0.2, 0.25) is 0 Å². The molecule has 0 aromatic carbocycles. The van der Waals surface area contributed by atoms with Crippen LogP contribution in [0.25, 0.3) is 0 Å². The van der Waals surface area contributed by atoms with Gasteiger partial charge in [-0.15, -0.1) is 0 Å². The number of nitrogens with zero attached hydrogens (tertiary/aromatic N) is 2. The summed E-state index contributed by atoms with van der Waals surface area (Å²) in [5.74, 6) is -0.229. The first-order chi connectivity index (χ1) is 45.8. The Balaban J connectivity index is 5.09. The molecule has 0 bridgehead atoms. The molecule has 1 unspecified atom stereocenters. The highest BCUT2D eigenvalue weighted by Crippen LogP contribution is 2.21. The van der Waals surface area contributed by atoms with Gasteiger partial charge in [0.25, 0.3) is 0 Å². The maximum absolute atomic E-state index is 12.9. The fraction of sp³-hybridized carbons (Fsp3) is 0.863. The van der Waals surface area contributed by atoms with E-state index >= 15 is 0 Å². The number of aliphatic hydroxyl groups is 1. The molecule has 0 spiro atoms. The van der Waals surface area contributed by atoms with Crippen LogP contribution in [0.15, 0.2) is 48.6 Å². The average molecular weight is 1320 g/mol. The van der Waals surface area contributed by atoms with Crippen molar-refractivity contribution in [3.8, 4) is 0 Å². The van der Waals surface area contributed by atoms with E-state index in [1.54, 1.807) is 0 Å². The van der Waals surface area contributed by atoms with Crippen LogP contribution in [0.3, 0.4) is 0 Å². The van der Waals surface area contributed by atoms with Gasteiger partial charge in [-0.25, -0.2) is 0 Å². The van der Waals surface area contributed by atoms with Gasteiger partial charge in [-0.1, -0.05) is 199 Å². The van der Waals surface area contributed by atoms with E-state index < -0.39 is 0 Å². The van der Waals surface area contributed by atoms with Gasteiger partial charge in [0, 0.05) is 45.8 Å². The third-order valence-electron chi connectivity index (χ3n) is 17.2. The second kappa shape index (κ2) is 74.9. The standard InChI is InChI=1S/C80H150N2O11/c1-7-13-19-24-36-49-70-89-78(90-71-50-37-25-20-14-8-2)59-57-76(84)87-68-47-41-31-34-44-61-81(64-54-65-82(66-67-83)63-46-33-29-28-30-40-53-74-93-80(86)75(55-18-12-6)56-43-23-17-11-5)62-45-35-32-42-48-69-88-77(85)58-60-79(91-72-51-38-26-21-15-9-3)92-73-52-39-27-22-16-10-4/h13-16,19-22,75,78-79,83H,7-12,17-18,23-74H2,1-6H3/b19-13-,20-14-,21-15-,22-16-. The molecular formula is C80H150N2O11. The molecule has 0 aliphatic rings. The lowest BCUT2D eigenvalue weighted by Gasteiger charge is -2.26. The monoisotopic (exact) mass is 1320 g/mol. The molecule has 0 aromatic rings. The van der Waals surface area contributed by atoms with Gasteiger partial charge in [-0.05, 0) is 193 Å². The summed E-state index contributed by atoms with van der Waals surface area (Å²) in [6.07, 6.45) is 64.2. The van der Waals surface area contributed by atoms with Crippen molar-refractivity contribution < 1.29 is 52.6 Å². The summed E-state index contributed by atoms with van der Waals surface area (Å²) in [5.41, 5.74) is 0. The minimum atomic E-state index is -0.378. The molecule has 0 saturated carbocycles. The Morgan fingerprint density at radius 1 is 0.312 bits per heavy atom. The number of hydrogen-bond acceptors (Lipinski definition) is 13. The van der Waals surface area contributed by atoms with Crippen molar-refractivity contribution in [2.45, 2.75) is 349 Å². The van der Waals surface area contributed by atoms with Gasteiger partial charge in [-0.3, -0.25) is 14.4 Å². The summed E-state index contributed by atoms with van der Waals surface area (Å²) in [6, 6.07) is 0. The second-order valence-electron chi connectivity index (χ2n) is 26.0. The third kappa shape index (κ3) is 66.1. The van der Waals surface area contributed by atoms with E-state index in [4.69, 9.17) is 33.2 Å². The lowest BCUT2D eigenvalue weighted by atomic mass is 9.95. The van der Waals surface area contributed by atoms with E-state index in [9.17, 15) is 19.5 Å². The van der Waals surface area contributed by atoms with Crippen molar-refractivity contribution in [2.24, 2.45) is 5.92 Å². The van der Waals surface area contributed by atoms with E-state index in [0.29, 0.717) is 71.9 Å². The van der Waals surface area contributed by atoms with Gasteiger partial charge in [-0.2, -0.15) is 0 Å². The zero-order valence-corrected chi connectivity index (χ0v) is 61.7. The number of hydrogen-bond donors (Lipinski definition) is 1. The van der Waals surface area contributed by atoms with Crippen LogP contribution in [-0.4, -0.2) is 138 Å². The molecule has 0 rings (SSSR count). The Kier molecular flexibility index (Phi) is 72.5. The second-order valence-corrected chi connectivity index (χ2v) is 26.0. The maximum Gasteiger partial charge on any atom is 0.308 e. The van der Waals surface area contributed by atoms with Crippen LogP contribution in [0.1, 0.15) is 337 Å². The Hall–Kier alpha value is -2.91. The van der Waals surface area contributed by atoms with Crippen molar-refractivity contribution in [3.05, 3.63) is 48.6 Å². The lowest BCUT2D eigenvalue weighted by Crippen LogP contribution is -2.33. The molecule has 0 saturated heterocycles. The van der Waals surface area contributed by atoms with Crippen LogP contribution in [0, 0.1) is 5.92 Å². The first-order valence-electron chi connectivity index (χ1n) is 39.4. The largest absolute Gasteiger partial charge is 0.466 e. The molecule has 0 aliphatic carbocycles. The van der Waals surface area contributed by atoms with E-state index in [1.807, 2.05) is 0 Å². The fourth-order valence-electron chi connectivity index (χ4n) is 11.4. The molecule has 13 heteroatoms. The van der Waals surface area contributed by atoms with Crippen molar-refractivity contribution >= 4 is 17.9 Å². The zero-order valence-electron chi connectivity index (χ0n) is 61.7. The quantitative estimate of drug-likeness (QED) is 0.0203. The molecule has 0 radical (unpaired) electrons. The molecule has 0 heterocycles. The molecule has 93 heavy (non-hydrogen) atoms. The summed E-state index contributed by atoms with van der Waals surface area (Å²) in [5, 5.41) is 10.0. The van der Waals surface area contributed by atoms with Crippen LogP contribution in [-0.2, 0) is 47.5 Å². The molecule has 1 atom stereocenters. The topological polar surface area (TPSA) is 143 Å². The molecule has 546 valence electrons. The van der Waals surface area contributed by atoms with Gasteiger partial charge in [0.1, 0.15) is 0 Å². The number of unbranched alkanes of at least 4 members (excludes halogenated alkanes) is 26. The first kappa shape index (κ1) is 90.1. The summed E-state index contributed by atoms with van der Waals surface area (Å²) >= 11 is 0. The number of esters is 3. The summed E-state index contributed by atoms with van der Waals surface area (Å²) in [4.78, 5) is 43.6. The zero-order chi connectivity index (χ0) is 67.7. The van der Waals surface area contributed by atoms with E-state index in [1.165, 1.54) is 44.9 Å². The van der Waals surface area contributed by atoms with Crippen LogP contribution in [0.2, 0.25) is 0 Å². The van der Waals surface area contributed by atoms with Crippen molar-refractivity contribution in [2.75, 3.05) is 92.1 Å². The minimum Gasteiger partial charge on any atom is -0.466 e. The lowest BCUT2D eigenvalue weighted by molar-refractivity contribution is -0.159. The number of carbonyl (C=O) groups is 3. The summed E-state index contributed by atoms with van der Waals surface area (Å²) < 4.78 is 41.7. The van der Waals surface area contributed by atoms with E-state index in [-0.39, 0.29) is 43.0 Å². The number of allylic oxidation sites excluding steroid dienone is 8. The Morgan fingerprint density at radius 2 is 0.624 bits per heavy atom. The summed E-state index contributed by atoms with van der Waals surface area (Å²) in [7, 11) is 0. The molecule has 0 fully saturated rings. The Morgan fingerprint density at radius 3 is 0.989 bits per heavy atom. The highest BCUT2D eigenvalue weighted by molar-refractivity contribution is 5.72. The molecular weight excluding hydrogens is 1160 g/mol. The van der Waals surface area contributed by atoms with Gasteiger partial charge in [0.15, 0.2) is 12.6 Å². The van der Waals surface area contributed by atoms with Crippen LogP contribution >= 0.6 is 0 Å². The number of carbonyl (C=O) groups excluding carboxylic acids is 3. The predicted octanol–water partition coefficient (Wildman–Crippen LogP) is 20.8. The van der Waals surface area contributed by atoms with Crippen LogP contribution in [0.5, 0.6) is 0 Å². The van der Waals surface area contributed by atoms with Crippen molar-refractivity contribution in [1.82, 2.24) is 9.80 Å². The molecule has 13 nitrogen and oxygen atoms in total. The van der Waals surface area contributed by atoms with Gasteiger partial charge in [0.05, 0.1) is 45.2 Å². The first-order valence-corrected chi connectivity index (χ1v) is 39.4. The number of rotatable bonds is 75. The molecule has 0 aliphatic heterocycles. The number of aliphatic hydroxyl groups excluding tert-OH is 1. The highest BCUT2D eigenvalue weighted by atomic mass is 16.7. The molecule has 0 aromatic heterocycles. The number of ether oxygens (including phenoxy) is 7. The van der Waals surface area contributed by atoms with Crippen LogP contribution < -0.4 is 0 Å². The molecule has 1 N–H and O–H groups in total. The Bertz CT molecular complexity index is 1560. The van der Waals surface area contributed by atoms with Gasteiger partial charge < -0.3 is 48.1 Å². The summed E-state index contributed by atoms with van der Waals surface area (Å²) in [6.45, 7) is 23.2. The van der Waals surface area contributed by atoms with Gasteiger partial charge >= 0.3 is 17.9 Å². The third-order valence-corrected chi connectivity index (χ3v) is 17.2. The van der Waals surface area contributed by atoms with Crippen molar-refractivity contribution in [3.63, 3.8) is 0 Å². The normalized spacial score (nSPS) is 12.5.